The lowest BCUT2D eigenvalue weighted by molar-refractivity contribution is -0.126. The van der Waals surface area contributed by atoms with Crippen molar-refractivity contribution in [3.63, 3.8) is 0 Å². The molecule has 7 nitrogen and oxygen atoms in total. The largest absolute Gasteiger partial charge is 0.376 e. The summed E-state index contributed by atoms with van der Waals surface area (Å²) in [6.07, 6.45) is 6.00. The van der Waals surface area contributed by atoms with Gasteiger partial charge in [-0.3, -0.25) is 9.69 Å². The molecule has 4 rings (SSSR count). The summed E-state index contributed by atoms with van der Waals surface area (Å²) in [6, 6.07) is 0.641. The molecule has 2 saturated heterocycles. The van der Waals surface area contributed by atoms with Crippen LogP contribution < -0.4 is 5.32 Å². The first kappa shape index (κ1) is 13.2. The summed E-state index contributed by atoms with van der Waals surface area (Å²) in [6.45, 7) is 1.46. The van der Waals surface area contributed by atoms with Crippen LogP contribution in [-0.4, -0.2) is 56.6 Å². The highest BCUT2D eigenvalue weighted by molar-refractivity contribution is 5.82. The fraction of sp³-hybridized carbons (Fsp3) is 0.786. The van der Waals surface area contributed by atoms with Crippen LogP contribution in [0.5, 0.6) is 0 Å². The minimum absolute atomic E-state index is 0.0945. The summed E-state index contributed by atoms with van der Waals surface area (Å²) in [4.78, 5) is 16.3. The van der Waals surface area contributed by atoms with E-state index >= 15 is 0 Å². The highest BCUT2D eigenvalue weighted by atomic mass is 16.5. The van der Waals surface area contributed by atoms with Crippen molar-refractivity contribution in [1.82, 2.24) is 25.2 Å². The zero-order valence-electron chi connectivity index (χ0n) is 12.2. The third kappa shape index (κ3) is 2.55. The van der Waals surface area contributed by atoms with Crippen molar-refractivity contribution >= 4 is 5.91 Å². The van der Waals surface area contributed by atoms with E-state index in [9.17, 15) is 4.79 Å². The molecule has 21 heavy (non-hydrogen) atoms. The quantitative estimate of drug-likeness (QED) is 0.833. The van der Waals surface area contributed by atoms with Gasteiger partial charge in [-0.05, 0) is 25.7 Å². The van der Waals surface area contributed by atoms with Gasteiger partial charge in [0, 0.05) is 32.3 Å². The molecule has 0 bridgehead atoms. The maximum atomic E-state index is 12.5. The van der Waals surface area contributed by atoms with Gasteiger partial charge in [-0.2, -0.15) is 15.0 Å². The smallest absolute Gasteiger partial charge is 0.237 e. The average molecular weight is 291 g/mol. The monoisotopic (exact) mass is 291 g/mol. The molecular formula is C14H21N5O2. The maximum absolute atomic E-state index is 12.5. The summed E-state index contributed by atoms with van der Waals surface area (Å²) < 4.78 is 5.79. The number of aromatic nitrogens is 3. The first-order valence-corrected chi connectivity index (χ1v) is 7.73. The maximum Gasteiger partial charge on any atom is 0.237 e. The van der Waals surface area contributed by atoms with Crippen molar-refractivity contribution in [3.05, 3.63) is 11.9 Å². The molecule has 1 aromatic heterocycles. The molecule has 3 atom stereocenters. The Labute approximate surface area is 123 Å². The van der Waals surface area contributed by atoms with Crippen molar-refractivity contribution in [2.24, 2.45) is 7.05 Å². The first-order chi connectivity index (χ1) is 10.2. The van der Waals surface area contributed by atoms with Crippen LogP contribution in [0.25, 0.3) is 0 Å². The van der Waals surface area contributed by atoms with E-state index in [-0.39, 0.29) is 18.1 Å². The molecular weight excluding hydrogens is 270 g/mol. The van der Waals surface area contributed by atoms with Crippen LogP contribution in [0.15, 0.2) is 6.20 Å². The Bertz CT molecular complexity index is 541. The van der Waals surface area contributed by atoms with Gasteiger partial charge in [-0.1, -0.05) is 0 Å². The summed E-state index contributed by atoms with van der Waals surface area (Å²) in [5, 5.41) is 11.6. The minimum atomic E-state index is -0.0945. The number of nitrogens with zero attached hydrogens (tertiary/aromatic N) is 4. The van der Waals surface area contributed by atoms with Gasteiger partial charge >= 0.3 is 0 Å². The van der Waals surface area contributed by atoms with E-state index in [0.29, 0.717) is 18.6 Å². The number of likely N-dealkylation sites (tertiary alicyclic amines) is 1. The van der Waals surface area contributed by atoms with Crippen LogP contribution in [0.4, 0.5) is 0 Å². The third-order valence-electron chi connectivity index (χ3n) is 4.67. The molecule has 0 radical (unpaired) electrons. The topological polar surface area (TPSA) is 72.3 Å². The van der Waals surface area contributed by atoms with Gasteiger partial charge in [0.1, 0.15) is 0 Å². The lowest BCUT2D eigenvalue weighted by Gasteiger charge is -2.27. The SMILES string of the molecule is Cn1ncc(CN2[C@H](C(=O)NC3CC3)C[C@@H]3OCC[C@@H]32)n1. The fourth-order valence-electron chi connectivity index (χ4n) is 3.49. The predicted molar refractivity (Wildman–Crippen MR) is 74.3 cm³/mol. The van der Waals surface area contributed by atoms with Gasteiger partial charge < -0.3 is 10.1 Å². The molecule has 1 saturated carbocycles. The van der Waals surface area contributed by atoms with Crippen molar-refractivity contribution in [1.29, 1.82) is 0 Å². The van der Waals surface area contributed by atoms with Crippen molar-refractivity contribution in [3.8, 4) is 0 Å². The van der Waals surface area contributed by atoms with Crippen LogP contribution in [0.1, 0.15) is 31.4 Å². The molecule has 3 aliphatic rings. The molecule has 114 valence electrons. The number of carbonyl (C=O) groups is 1. The van der Waals surface area contributed by atoms with Gasteiger partial charge in [-0.15, -0.1) is 0 Å². The van der Waals surface area contributed by atoms with Crippen LogP contribution in [-0.2, 0) is 23.1 Å². The number of rotatable bonds is 4. The van der Waals surface area contributed by atoms with Crippen LogP contribution in [0, 0.1) is 0 Å². The van der Waals surface area contributed by atoms with Gasteiger partial charge in [-0.25, -0.2) is 0 Å². The van der Waals surface area contributed by atoms with E-state index in [2.05, 4.69) is 20.4 Å². The van der Waals surface area contributed by atoms with Gasteiger partial charge in [0.15, 0.2) is 0 Å². The van der Waals surface area contributed by atoms with E-state index in [1.165, 1.54) is 0 Å². The molecule has 0 spiro atoms. The second-order valence-electron chi connectivity index (χ2n) is 6.30. The standard InChI is InChI=1S/C14H21N5O2/c1-18-15-7-10(17-18)8-19-11-4-5-21-13(11)6-12(19)14(20)16-9-2-3-9/h7,9,11-13H,2-6,8H2,1H3,(H,16,20)/t11-,12-,13-/m0/s1. The number of amides is 1. The molecule has 0 aromatic carbocycles. The summed E-state index contributed by atoms with van der Waals surface area (Å²) in [7, 11) is 1.81. The molecule has 1 aromatic rings. The Balaban J connectivity index is 1.51. The van der Waals surface area contributed by atoms with E-state index in [4.69, 9.17) is 4.74 Å². The Morgan fingerprint density at radius 2 is 2.33 bits per heavy atom. The average Bonchev–Trinajstić information content (AvgIpc) is 2.86. The Morgan fingerprint density at radius 3 is 3.05 bits per heavy atom. The number of hydrogen-bond acceptors (Lipinski definition) is 5. The normalized spacial score (nSPS) is 32.3. The molecule has 1 amide bonds. The Morgan fingerprint density at radius 1 is 1.48 bits per heavy atom. The molecule has 3 fully saturated rings. The zero-order valence-corrected chi connectivity index (χ0v) is 12.2. The minimum Gasteiger partial charge on any atom is -0.376 e. The molecule has 1 aliphatic carbocycles. The lowest BCUT2D eigenvalue weighted by atomic mass is 10.1. The second-order valence-corrected chi connectivity index (χ2v) is 6.30. The number of aryl methyl sites for hydroxylation is 1. The molecule has 2 aliphatic heterocycles. The fourth-order valence-corrected chi connectivity index (χ4v) is 3.49. The highest BCUT2D eigenvalue weighted by Gasteiger charge is 2.48. The van der Waals surface area contributed by atoms with Crippen LogP contribution in [0.2, 0.25) is 0 Å². The van der Waals surface area contributed by atoms with Gasteiger partial charge in [0.25, 0.3) is 0 Å². The van der Waals surface area contributed by atoms with E-state index in [1.807, 2.05) is 7.05 Å². The van der Waals surface area contributed by atoms with E-state index < -0.39 is 0 Å². The number of fused-ring (bicyclic) bond motifs is 1. The van der Waals surface area contributed by atoms with Crippen molar-refractivity contribution in [2.45, 2.75) is 56.5 Å². The summed E-state index contributed by atoms with van der Waals surface area (Å²) in [5.74, 6) is 0.152. The van der Waals surface area contributed by atoms with E-state index in [1.54, 1.807) is 11.0 Å². The molecule has 1 N–H and O–H groups in total. The molecule has 3 heterocycles. The summed E-state index contributed by atoms with van der Waals surface area (Å²) in [5.41, 5.74) is 0.911. The summed E-state index contributed by atoms with van der Waals surface area (Å²) >= 11 is 0. The van der Waals surface area contributed by atoms with Crippen LogP contribution >= 0.6 is 0 Å². The number of hydrogen-bond donors (Lipinski definition) is 1. The Kier molecular flexibility index (Phi) is 3.19. The van der Waals surface area contributed by atoms with Gasteiger partial charge in [0.2, 0.25) is 5.91 Å². The zero-order chi connectivity index (χ0) is 14.4. The Hall–Kier alpha value is -1.47. The highest BCUT2D eigenvalue weighted by Crippen LogP contribution is 2.35. The molecule has 7 heteroatoms. The molecule has 0 unspecified atom stereocenters. The predicted octanol–water partition coefficient (Wildman–Crippen LogP) is -0.174. The number of carbonyl (C=O) groups excluding carboxylic acids is 1. The second kappa shape index (κ2) is 5.06. The lowest BCUT2D eigenvalue weighted by Crippen LogP contribution is -2.46. The van der Waals surface area contributed by atoms with Crippen molar-refractivity contribution < 1.29 is 9.53 Å². The van der Waals surface area contributed by atoms with Crippen molar-refractivity contribution in [2.75, 3.05) is 6.61 Å². The van der Waals surface area contributed by atoms with Crippen LogP contribution in [0.3, 0.4) is 0 Å². The van der Waals surface area contributed by atoms with Gasteiger partial charge in [0.05, 0.1) is 24.0 Å². The third-order valence-corrected chi connectivity index (χ3v) is 4.67. The number of nitrogens with one attached hydrogen (secondary N) is 1. The van der Waals surface area contributed by atoms with E-state index in [0.717, 1.165) is 38.0 Å². The number of ether oxygens (including phenoxy) is 1. The first-order valence-electron chi connectivity index (χ1n) is 7.73.